The fourth-order valence-electron chi connectivity index (χ4n) is 12.6. The van der Waals surface area contributed by atoms with E-state index in [4.69, 9.17) is 18.9 Å². The van der Waals surface area contributed by atoms with Crippen LogP contribution in [0.5, 0.6) is 0 Å². The second-order valence-electron chi connectivity index (χ2n) is 20.3. The molecule has 0 aromatic rings. The molecular weight excluding hydrogens is 728 g/mol. The molecule has 14 nitrogen and oxygen atoms in total. The van der Waals surface area contributed by atoms with Crippen molar-refractivity contribution in [2.24, 2.45) is 45.3 Å². The van der Waals surface area contributed by atoms with Crippen LogP contribution in [0.2, 0.25) is 0 Å². The molecule has 10 N–H and O–H groups in total. The highest BCUT2D eigenvalue weighted by atomic mass is 16.7. The molecule has 6 rings (SSSR count). The van der Waals surface area contributed by atoms with Gasteiger partial charge in [-0.3, -0.25) is 0 Å². The number of hydrogen-bond acceptors (Lipinski definition) is 14. The molecule has 0 aromatic heterocycles. The Labute approximate surface area is 331 Å². The van der Waals surface area contributed by atoms with Gasteiger partial charge in [-0.15, -0.1) is 0 Å². The minimum atomic E-state index is -1.67. The number of aliphatic hydroxyl groups excluding tert-OH is 9. The molecule has 2 aliphatic heterocycles. The molecule has 0 amide bonds. The smallest absolute Gasteiger partial charge is 0.187 e. The van der Waals surface area contributed by atoms with Crippen molar-refractivity contribution in [1.29, 1.82) is 0 Å². The van der Waals surface area contributed by atoms with Gasteiger partial charge in [0.1, 0.15) is 48.8 Å². The summed E-state index contributed by atoms with van der Waals surface area (Å²) in [6.07, 6.45) is -8.06. The van der Waals surface area contributed by atoms with Crippen LogP contribution in [0, 0.1) is 45.3 Å². The fraction of sp³-hybridized carbons (Fsp3) is 0.952. The third kappa shape index (κ3) is 7.26. The van der Waals surface area contributed by atoms with E-state index in [2.05, 4.69) is 47.6 Å². The first-order valence-corrected chi connectivity index (χ1v) is 21.0. The van der Waals surface area contributed by atoms with Gasteiger partial charge in [-0.25, -0.2) is 0 Å². The Morgan fingerprint density at radius 3 is 2.04 bits per heavy atom. The molecule has 2 heterocycles. The van der Waals surface area contributed by atoms with Crippen LogP contribution >= 0.6 is 0 Å². The largest absolute Gasteiger partial charge is 0.394 e. The van der Waals surface area contributed by atoms with Crippen molar-refractivity contribution in [1.82, 2.24) is 0 Å². The maximum absolute atomic E-state index is 12.4. The Kier molecular flexibility index (Phi) is 12.7. The van der Waals surface area contributed by atoms with Gasteiger partial charge in [-0.1, -0.05) is 53.2 Å². The Morgan fingerprint density at radius 2 is 1.41 bits per heavy atom. The maximum Gasteiger partial charge on any atom is 0.187 e. The van der Waals surface area contributed by atoms with Crippen LogP contribution in [0.1, 0.15) is 107 Å². The van der Waals surface area contributed by atoms with E-state index in [1.165, 1.54) is 5.57 Å². The van der Waals surface area contributed by atoms with Crippen LogP contribution in [0.4, 0.5) is 0 Å². The van der Waals surface area contributed by atoms with E-state index < -0.39 is 104 Å². The van der Waals surface area contributed by atoms with Gasteiger partial charge >= 0.3 is 0 Å². The zero-order chi connectivity index (χ0) is 41.5. The highest BCUT2D eigenvalue weighted by Gasteiger charge is 2.70. The van der Waals surface area contributed by atoms with Crippen LogP contribution < -0.4 is 0 Å². The molecule has 56 heavy (non-hydrogen) atoms. The molecule has 14 heteroatoms. The first kappa shape index (κ1) is 44.7. The minimum absolute atomic E-state index is 0.0159. The summed E-state index contributed by atoms with van der Waals surface area (Å²) in [5.74, 6) is 1.05. The molecule has 4 aliphatic carbocycles. The van der Waals surface area contributed by atoms with Crippen LogP contribution in [-0.2, 0) is 18.9 Å². The molecule has 0 unspecified atom stereocenters. The van der Waals surface area contributed by atoms with Gasteiger partial charge in [0.15, 0.2) is 12.6 Å². The van der Waals surface area contributed by atoms with Crippen molar-refractivity contribution in [2.75, 3.05) is 13.2 Å². The quantitative estimate of drug-likeness (QED) is 0.132. The van der Waals surface area contributed by atoms with E-state index in [1.807, 2.05) is 0 Å². The first-order chi connectivity index (χ1) is 25.9. The molecule has 2 saturated heterocycles. The molecule has 3 saturated carbocycles. The molecule has 0 bridgehead atoms. The van der Waals surface area contributed by atoms with Crippen LogP contribution in [-0.4, -0.2) is 150 Å². The number of aliphatic hydroxyl groups is 10. The topological polar surface area (TPSA) is 239 Å². The van der Waals surface area contributed by atoms with Crippen molar-refractivity contribution < 1.29 is 70.0 Å². The third-order valence-corrected chi connectivity index (χ3v) is 16.6. The summed E-state index contributed by atoms with van der Waals surface area (Å²) in [6.45, 7) is 15.8. The predicted molar refractivity (Wildman–Crippen MR) is 202 cm³/mol. The van der Waals surface area contributed by atoms with Crippen molar-refractivity contribution in [3.63, 3.8) is 0 Å². The SMILES string of the molecule is C[C@@H](CC[C@H](O)C(C)(C)O)[C@@H]1CC[C@]2(C)[C@@H]3CC=C4[C@H](CC[C@@H](O[C@H]5O[C@@H](CO[C@H]6O[C@@H](CO)[C@H](O)[C@@H](O)[C@@H]6O)[C@H](O)[C@@H](O)[C@@H]5O)C4(C)C)[C@@]3(C)[C@@H](O)C[C@@]12C. The van der Waals surface area contributed by atoms with E-state index >= 15 is 0 Å². The van der Waals surface area contributed by atoms with Gasteiger partial charge in [0, 0.05) is 10.8 Å². The summed E-state index contributed by atoms with van der Waals surface area (Å²) in [7, 11) is 0. The van der Waals surface area contributed by atoms with Crippen molar-refractivity contribution in [3.8, 4) is 0 Å². The summed E-state index contributed by atoms with van der Waals surface area (Å²) in [5.41, 5.74) is -0.985. The number of allylic oxidation sites excluding steroid dienone is 1. The van der Waals surface area contributed by atoms with Crippen molar-refractivity contribution >= 4 is 0 Å². The van der Waals surface area contributed by atoms with Gasteiger partial charge in [-0.05, 0) is 99.7 Å². The Hall–Kier alpha value is -0.820. The lowest BCUT2D eigenvalue weighted by molar-refractivity contribution is -0.340. The zero-order valence-corrected chi connectivity index (χ0v) is 34.6. The third-order valence-electron chi connectivity index (χ3n) is 16.6. The molecule has 324 valence electrons. The Morgan fingerprint density at radius 1 is 0.804 bits per heavy atom. The normalized spacial score (nSPS) is 50.3. The average molecular weight is 801 g/mol. The molecule has 6 aliphatic rings. The van der Waals surface area contributed by atoms with Crippen molar-refractivity contribution in [2.45, 2.75) is 192 Å². The van der Waals surface area contributed by atoms with Crippen molar-refractivity contribution in [3.05, 3.63) is 11.6 Å². The van der Waals surface area contributed by atoms with Gasteiger partial charge in [-0.2, -0.15) is 0 Å². The highest BCUT2D eigenvalue weighted by Crippen LogP contribution is 2.75. The second-order valence-corrected chi connectivity index (χ2v) is 20.3. The highest BCUT2D eigenvalue weighted by molar-refractivity contribution is 5.32. The lowest BCUT2D eigenvalue weighted by Gasteiger charge is -2.67. The monoisotopic (exact) mass is 800 g/mol. The molecule has 0 spiro atoms. The maximum atomic E-state index is 12.4. The zero-order valence-electron chi connectivity index (χ0n) is 34.6. The van der Waals surface area contributed by atoms with Gasteiger partial charge in [0.2, 0.25) is 0 Å². The lowest BCUT2D eigenvalue weighted by atomic mass is 9.38. The number of fused-ring (bicyclic) bond motifs is 5. The van der Waals surface area contributed by atoms with E-state index in [0.717, 1.165) is 32.1 Å². The molecule has 5 fully saturated rings. The van der Waals surface area contributed by atoms with Gasteiger partial charge in [0.05, 0.1) is 37.1 Å². The fourth-order valence-corrected chi connectivity index (χ4v) is 12.6. The minimum Gasteiger partial charge on any atom is -0.394 e. The molecular formula is C42H72O14. The van der Waals surface area contributed by atoms with E-state index in [0.29, 0.717) is 31.1 Å². The molecule has 0 aromatic carbocycles. The van der Waals surface area contributed by atoms with Gasteiger partial charge < -0.3 is 70.0 Å². The summed E-state index contributed by atoms with van der Waals surface area (Å²) in [5, 5.41) is 106. The predicted octanol–water partition coefficient (Wildman–Crippen LogP) is 1.12. The number of rotatable bonds is 11. The molecule has 20 atom stereocenters. The first-order valence-electron chi connectivity index (χ1n) is 21.0. The lowest BCUT2D eigenvalue weighted by Crippen LogP contribution is -2.65. The van der Waals surface area contributed by atoms with E-state index in [1.54, 1.807) is 13.8 Å². The number of ether oxygens (including phenoxy) is 4. The Bertz CT molecular complexity index is 1400. The van der Waals surface area contributed by atoms with Crippen LogP contribution in [0.25, 0.3) is 0 Å². The standard InChI is InChI=1S/C42H72O14/c1-20(9-13-27(44)39(4,5)52)21-15-16-40(6)26-12-10-22-23(42(26,8)28(45)17-41(21,40)7)11-14-29(38(22,2)3)56-37-35(51)33(49)31(47)25(55-37)19-53-36-34(50)32(48)30(46)24(18-43)54-36/h10,20-21,23-37,43-52H,9,11-19H2,1-8H3/t20-,21-,23-,24-,25-,26-,27-,28-,29+,30-,31-,32+,33+,34-,35-,36-,37+,40+,41-,42+/m0/s1. The van der Waals surface area contributed by atoms with Crippen LogP contribution in [0.15, 0.2) is 11.6 Å². The second kappa shape index (κ2) is 15.9. The molecule has 0 radical (unpaired) electrons. The summed E-state index contributed by atoms with van der Waals surface area (Å²) in [6, 6.07) is 0. The summed E-state index contributed by atoms with van der Waals surface area (Å²) < 4.78 is 23.6. The summed E-state index contributed by atoms with van der Waals surface area (Å²) in [4.78, 5) is 0. The average Bonchev–Trinajstić information content (AvgIpc) is 3.40. The number of hydrogen-bond donors (Lipinski definition) is 10. The van der Waals surface area contributed by atoms with E-state index in [9.17, 15) is 51.1 Å². The Balaban J connectivity index is 1.16. The van der Waals surface area contributed by atoms with E-state index in [-0.39, 0.29) is 28.1 Å². The van der Waals surface area contributed by atoms with Gasteiger partial charge in [0.25, 0.3) is 0 Å². The van der Waals surface area contributed by atoms with Crippen LogP contribution in [0.3, 0.4) is 0 Å². The summed E-state index contributed by atoms with van der Waals surface area (Å²) >= 11 is 0.